The van der Waals surface area contributed by atoms with E-state index in [0.717, 1.165) is 23.4 Å². The number of aryl methyl sites for hydroxylation is 3. The van der Waals surface area contributed by atoms with Crippen molar-refractivity contribution in [2.45, 2.75) is 20.0 Å². The maximum Gasteiger partial charge on any atom is 0.416 e. The molecule has 6 aromatic rings. The molecule has 0 spiro atoms. The minimum Gasteiger partial charge on any atom is -0.335 e. The number of hydrogen-bond acceptors (Lipinski definition) is 6. The van der Waals surface area contributed by atoms with Crippen molar-refractivity contribution in [2.75, 3.05) is 10.6 Å². The van der Waals surface area contributed by atoms with Gasteiger partial charge in [-0.25, -0.2) is 15.0 Å². The van der Waals surface area contributed by atoms with Crippen LogP contribution in [0.3, 0.4) is 0 Å². The molecule has 220 valence electrons. The predicted octanol–water partition coefficient (Wildman–Crippen LogP) is 5.68. The van der Waals surface area contributed by atoms with Gasteiger partial charge in [-0.15, -0.1) is 0 Å². The first-order chi connectivity index (χ1) is 21.0. The van der Waals surface area contributed by atoms with Crippen molar-refractivity contribution < 1.29 is 18.0 Å². The van der Waals surface area contributed by atoms with E-state index in [1.165, 1.54) is 17.0 Å². The van der Waals surface area contributed by atoms with Gasteiger partial charge >= 0.3 is 6.18 Å². The molecule has 13 heteroatoms. The molecule has 6 rings (SSSR count). The molecule has 4 heterocycles. The Morgan fingerprint density at radius 2 is 1.80 bits per heavy atom. The number of alkyl halides is 3. The number of aromatic nitrogens is 7. The Morgan fingerprint density at radius 1 is 0.955 bits per heavy atom. The fourth-order valence-electron chi connectivity index (χ4n) is 4.51. The SMILES string of the molecule is Cc1cn(-c2cc(C(=O)Nc3ccc(C)c(C#Cc4cnc5c(Nc6cnn(C)c6)nccn45)c3)cc(C(F)(F)F)c2)cn1. The van der Waals surface area contributed by atoms with Crippen LogP contribution in [0.2, 0.25) is 0 Å². The van der Waals surface area contributed by atoms with Crippen molar-refractivity contribution in [3.05, 3.63) is 114 Å². The highest BCUT2D eigenvalue weighted by atomic mass is 19.4. The second kappa shape index (κ2) is 11.1. The van der Waals surface area contributed by atoms with Gasteiger partial charge in [-0.1, -0.05) is 12.0 Å². The van der Waals surface area contributed by atoms with Crippen molar-refractivity contribution in [2.24, 2.45) is 7.05 Å². The van der Waals surface area contributed by atoms with Crippen LogP contribution in [0.25, 0.3) is 11.3 Å². The van der Waals surface area contributed by atoms with E-state index < -0.39 is 17.6 Å². The summed E-state index contributed by atoms with van der Waals surface area (Å²) in [6.45, 7) is 3.59. The summed E-state index contributed by atoms with van der Waals surface area (Å²) in [6.07, 6.45) is 6.84. The lowest BCUT2D eigenvalue weighted by Gasteiger charge is -2.13. The molecule has 0 bridgehead atoms. The number of nitrogens with one attached hydrogen (secondary N) is 2. The van der Waals surface area contributed by atoms with Gasteiger partial charge in [0.25, 0.3) is 5.91 Å². The van der Waals surface area contributed by atoms with Gasteiger partial charge in [-0.3, -0.25) is 13.9 Å². The number of nitrogens with zero attached hydrogens (tertiary/aromatic N) is 7. The lowest BCUT2D eigenvalue weighted by molar-refractivity contribution is -0.137. The van der Waals surface area contributed by atoms with Gasteiger partial charge in [0.15, 0.2) is 11.5 Å². The van der Waals surface area contributed by atoms with Crippen molar-refractivity contribution in [1.29, 1.82) is 0 Å². The maximum atomic E-state index is 13.7. The van der Waals surface area contributed by atoms with E-state index >= 15 is 0 Å². The average Bonchev–Trinajstić information content (AvgIpc) is 3.73. The molecule has 0 aliphatic heterocycles. The predicted molar refractivity (Wildman–Crippen MR) is 158 cm³/mol. The molecule has 0 saturated carbocycles. The van der Waals surface area contributed by atoms with Gasteiger partial charge < -0.3 is 15.2 Å². The number of carbonyl (C=O) groups is 1. The molecule has 10 nitrogen and oxygen atoms in total. The van der Waals surface area contributed by atoms with Gasteiger partial charge in [0.05, 0.1) is 35.7 Å². The van der Waals surface area contributed by atoms with Crippen LogP contribution >= 0.6 is 0 Å². The molecule has 2 aromatic carbocycles. The van der Waals surface area contributed by atoms with E-state index in [0.29, 0.717) is 34.1 Å². The third kappa shape index (κ3) is 5.86. The van der Waals surface area contributed by atoms with E-state index in [2.05, 4.69) is 42.5 Å². The van der Waals surface area contributed by atoms with E-state index in [4.69, 9.17) is 0 Å². The van der Waals surface area contributed by atoms with Gasteiger partial charge in [0, 0.05) is 54.3 Å². The normalized spacial score (nSPS) is 11.3. The standard InChI is InChI=1S/C31H24F3N9O/c1-19-4-6-24(40-30(44)22-10-23(31(32,33)34)13-27(12-22)42-16-20(2)37-18-42)11-21(19)5-7-26-15-36-29-28(35-8-9-43(26)29)39-25-14-38-41(3)17-25/h4,6,8-18H,1-3H3,(H,35,39)(H,40,44). The summed E-state index contributed by atoms with van der Waals surface area (Å²) in [5.74, 6) is 6.08. The number of hydrogen-bond donors (Lipinski definition) is 2. The van der Waals surface area contributed by atoms with Gasteiger partial charge in [-0.05, 0) is 55.7 Å². The number of anilines is 3. The fourth-order valence-corrected chi connectivity index (χ4v) is 4.51. The fraction of sp³-hybridized carbons (Fsp3) is 0.129. The van der Waals surface area contributed by atoms with E-state index in [9.17, 15) is 18.0 Å². The maximum absolute atomic E-state index is 13.7. The highest BCUT2D eigenvalue weighted by Crippen LogP contribution is 2.32. The lowest BCUT2D eigenvalue weighted by Crippen LogP contribution is -2.15. The molecular formula is C31H24F3N9O. The molecule has 4 aromatic heterocycles. The number of amides is 1. The van der Waals surface area contributed by atoms with Crippen LogP contribution in [0.5, 0.6) is 0 Å². The highest BCUT2D eigenvalue weighted by molar-refractivity contribution is 6.05. The molecule has 0 radical (unpaired) electrons. The minimum absolute atomic E-state index is 0.149. The van der Waals surface area contributed by atoms with Crippen molar-refractivity contribution in [3.63, 3.8) is 0 Å². The Labute approximate surface area is 249 Å². The average molecular weight is 596 g/mol. The van der Waals surface area contributed by atoms with Crippen molar-refractivity contribution >= 4 is 28.7 Å². The highest BCUT2D eigenvalue weighted by Gasteiger charge is 2.32. The number of carbonyl (C=O) groups excluding carboxylic acids is 1. The summed E-state index contributed by atoms with van der Waals surface area (Å²) in [6, 6.07) is 8.31. The molecule has 2 N–H and O–H groups in total. The molecule has 0 atom stereocenters. The minimum atomic E-state index is -4.64. The molecule has 0 aliphatic carbocycles. The first kappa shape index (κ1) is 28.2. The van der Waals surface area contributed by atoms with Crippen LogP contribution in [0.1, 0.15) is 38.4 Å². The zero-order valence-corrected chi connectivity index (χ0v) is 23.7. The number of imidazole rings is 2. The van der Waals surface area contributed by atoms with Crippen molar-refractivity contribution in [3.8, 4) is 17.5 Å². The van der Waals surface area contributed by atoms with Crippen LogP contribution in [0.4, 0.5) is 30.4 Å². The molecule has 1 amide bonds. The zero-order chi connectivity index (χ0) is 31.0. The van der Waals surface area contributed by atoms with Gasteiger partial charge in [-0.2, -0.15) is 18.3 Å². The largest absolute Gasteiger partial charge is 0.416 e. The second-order valence-electron chi connectivity index (χ2n) is 10.1. The Hall–Kier alpha value is -5.90. The quantitative estimate of drug-likeness (QED) is 0.249. The Bertz CT molecular complexity index is 2090. The third-order valence-corrected chi connectivity index (χ3v) is 6.73. The summed E-state index contributed by atoms with van der Waals surface area (Å²) >= 11 is 0. The van der Waals surface area contributed by atoms with E-state index in [-0.39, 0.29) is 11.3 Å². The zero-order valence-electron chi connectivity index (χ0n) is 23.7. The Kier molecular flexibility index (Phi) is 7.10. The lowest BCUT2D eigenvalue weighted by atomic mass is 10.1. The first-order valence-electron chi connectivity index (χ1n) is 13.3. The molecule has 0 unspecified atom stereocenters. The van der Waals surface area contributed by atoms with Crippen molar-refractivity contribution in [1.82, 2.24) is 33.7 Å². The number of fused-ring (bicyclic) bond motifs is 1. The molecular weight excluding hydrogens is 571 g/mol. The second-order valence-corrected chi connectivity index (χ2v) is 10.1. The molecule has 0 fully saturated rings. The Morgan fingerprint density at radius 3 is 2.52 bits per heavy atom. The molecule has 0 aliphatic rings. The van der Waals surface area contributed by atoms with E-state index in [1.807, 2.05) is 20.2 Å². The van der Waals surface area contributed by atoms with Crippen LogP contribution < -0.4 is 10.6 Å². The van der Waals surface area contributed by atoms with E-state index in [1.54, 1.807) is 65.2 Å². The summed E-state index contributed by atoms with van der Waals surface area (Å²) in [7, 11) is 1.82. The number of benzene rings is 2. The monoisotopic (exact) mass is 595 g/mol. The molecule has 44 heavy (non-hydrogen) atoms. The summed E-state index contributed by atoms with van der Waals surface area (Å²) in [4.78, 5) is 26.1. The van der Waals surface area contributed by atoms with Gasteiger partial charge in [0.1, 0.15) is 5.69 Å². The van der Waals surface area contributed by atoms with Gasteiger partial charge in [0.2, 0.25) is 0 Å². The van der Waals surface area contributed by atoms with Crippen LogP contribution in [-0.4, -0.2) is 39.6 Å². The topological polar surface area (TPSA) is 107 Å². The number of halogens is 3. The summed E-state index contributed by atoms with van der Waals surface area (Å²) < 4.78 is 46.0. The Balaban J connectivity index is 1.26. The summed E-state index contributed by atoms with van der Waals surface area (Å²) in [5, 5.41) is 10.0. The summed E-state index contributed by atoms with van der Waals surface area (Å²) in [5.41, 5.74) is 3.51. The number of rotatable bonds is 5. The first-order valence-corrected chi connectivity index (χ1v) is 13.3. The van der Waals surface area contributed by atoms with Crippen LogP contribution in [-0.2, 0) is 13.2 Å². The molecule has 0 saturated heterocycles. The van der Waals surface area contributed by atoms with Crippen LogP contribution in [0, 0.1) is 25.7 Å². The smallest absolute Gasteiger partial charge is 0.335 e. The van der Waals surface area contributed by atoms with Crippen LogP contribution in [0.15, 0.2) is 79.9 Å². The third-order valence-electron chi connectivity index (χ3n) is 6.73.